The Morgan fingerprint density at radius 1 is 1.14 bits per heavy atom. The van der Waals surface area contributed by atoms with Crippen molar-refractivity contribution in [2.45, 2.75) is 6.04 Å². The third kappa shape index (κ3) is 4.29. The summed E-state index contributed by atoms with van der Waals surface area (Å²) in [6.45, 7) is 1.72. The average Bonchev–Trinajstić information content (AvgIpc) is 2.77. The number of urea groups is 1. The van der Waals surface area contributed by atoms with Crippen LogP contribution < -0.4 is 15.4 Å². The molecule has 0 spiro atoms. The highest BCUT2D eigenvalue weighted by molar-refractivity contribution is 5.94. The highest BCUT2D eigenvalue weighted by Gasteiger charge is 2.32. The summed E-state index contributed by atoms with van der Waals surface area (Å²) >= 11 is 0. The molecule has 0 bridgehead atoms. The summed E-state index contributed by atoms with van der Waals surface area (Å²) in [6, 6.07) is 9.80. The van der Waals surface area contributed by atoms with Crippen LogP contribution in [0.2, 0.25) is 0 Å². The molecule has 0 unspecified atom stereocenters. The number of piperazine rings is 1. The molecule has 2 aliphatic rings. The van der Waals surface area contributed by atoms with Gasteiger partial charge in [-0.15, -0.1) is 0 Å². The molecule has 2 heterocycles. The predicted octanol–water partition coefficient (Wildman–Crippen LogP) is 2.51. The van der Waals surface area contributed by atoms with Gasteiger partial charge < -0.3 is 20.3 Å². The quantitative estimate of drug-likeness (QED) is 0.769. The van der Waals surface area contributed by atoms with Gasteiger partial charge in [-0.25, -0.2) is 13.6 Å². The SMILES string of the molecule is O=C1CN2CCN(C(=O)Nc3ccc(F)c(F)c3)C[C@@H]2COc2ccccc2N1. The standard InChI is InChI=1S/C20H20F2N4O3/c21-15-6-5-13(9-16(15)22)23-20(28)26-8-7-25-11-19(27)24-17-3-1-2-4-18(17)29-12-14(25)10-26/h1-6,9,14H,7-8,10-12H2,(H,23,28)(H,24,27)/t14-/m1/s1. The summed E-state index contributed by atoms with van der Waals surface area (Å²) in [7, 11) is 0. The van der Waals surface area contributed by atoms with E-state index in [1.165, 1.54) is 6.07 Å². The lowest BCUT2D eigenvalue weighted by atomic mass is 10.1. The van der Waals surface area contributed by atoms with Crippen molar-refractivity contribution in [2.75, 3.05) is 43.4 Å². The summed E-state index contributed by atoms with van der Waals surface area (Å²) in [5.41, 5.74) is 0.792. The number of benzene rings is 2. The molecule has 2 aromatic rings. The third-order valence-corrected chi connectivity index (χ3v) is 5.00. The zero-order chi connectivity index (χ0) is 20.4. The number of rotatable bonds is 1. The molecule has 2 aliphatic heterocycles. The van der Waals surface area contributed by atoms with Gasteiger partial charge in [0.25, 0.3) is 0 Å². The second kappa shape index (κ2) is 8.04. The molecule has 9 heteroatoms. The molecule has 1 saturated heterocycles. The maximum Gasteiger partial charge on any atom is 0.321 e. The molecular formula is C20H20F2N4O3. The Morgan fingerprint density at radius 3 is 2.79 bits per heavy atom. The number of para-hydroxylation sites is 2. The first-order valence-electron chi connectivity index (χ1n) is 9.26. The largest absolute Gasteiger partial charge is 0.490 e. The number of ether oxygens (including phenoxy) is 1. The van der Waals surface area contributed by atoms with E-state index >= 15 is 0 Å². The fourth-order valence-electron chi connectivity index (χ4n) is 3.48. The first-order chi connectivity index (χ1) is 14.0. The Labute approximate surface area is 166 Å². The van der Waals surface area contributed by atoms with E-state index in [2.05, 4.69) is 10.6 Å². The Morgan fingerprint density at radius 2 is 1.97 bits per heavy atom. The van der Waals surface area contributed by atoms with Crippen molar-refractivity contribution in [3.63, 3.8) is 0 Å². The second-order valence-electron chi connectivity index (χ2n) is 6.98. The minimum absolute atomic E-state index is 0.146. The van der Waals surface area contributed by atoms with Crippen molar-refractivity contribution in [3.05, 3.63) is 54.1 Å². The van der Waals surface area contributed by atoms with Crippen LogP contribution in [0.4, 0.5) is 25.0 Å². The van der Waals surface area contributed by atoms with Gasteiger partial charge in [-0.2, -0.15) is 0 Å². The Bertz CT molecular complexity index is 940. The first-order valence-corrected chi connectivity index (χ1v) is 9.26. The number of hydrogen-bond acceptors (Lipinski definition) is 4. The lowest BCUT2D eigenvalue weighted by Gasteiger charge is -2.40. The number of anilines is 2. The summed E-state index contributed by atoms with van der Waals surface area (Å²) < 4.78 is 32.3. The molecule has 29 heavy (non-hydrogen) atoms. The molecule has 4 rings (SSSR count). The number of hydrogen-bond donors (Lipinski definition) is 2. The van der Waals surface area contributed by atoms with E-state index in [-0.39, 0.29) is 24.2 Å². The number of amides is 3. The van der Waals surface area contributed by atoms with Gasteiger partial charge >= 0.3 is 6.03 Å². The van der Waals surface area contributed by atoms with Crippen LogP contribution in [-0.2, 0) is 4.79 Å². The van der Waals surface area contributed by atoms with Gasteiger partial charge in [0.1, 0.15) is 12.4 Å². The van der Waals surface area contributed by atoms with Gasteiger partial charge in [0.2, 0.25) is 5.91 Å². The Kier molecular flexibility index (Phi) is 5.30. The minimum Gasteiger partial charge on any atom is -0.490 e. The molecule has 0 aromatic heterocycles. The van der Waals surface area contributed by atoms with Crippen molar-refractivity contribution < 1.29 is 23.1 Å². The van der Waals surface area contributed by atoms with Crippen LogP contribution in [0.5, 0.6) is 5.75 Å². The van der Waals surface area contributed by atoms with Gasteiger partial charge in [0.15, 0.2) is 11.6 Å². The van der Waals surface area contributed by atoms with Crippen LogP contribution >= 0.6 is 0 Å². The van der Waals surface area contributed by atoms with Crippen LogP contribution in [0.1, 0.15) is 0 Å². The van der Waals surface area contributed by atoms with E-state index in [4.69, 9.17) is 4.74 Å². The van der Waals surface area contributed by atoms with Gasteiger partial charge in [0, 0.05) is 31.4 Å². The molecule has 152 valence electrons. The fourth-order valence-corrected chi connectivity index (χ4v) is 3.48. The summed E-state index contributed by atoms with van der Waals surface area (Å²) in [4.78, 5) is 28.5. The number of nitrogens with zero attached hydrogens (tertiary/aromatic N) is 2. The molecule has 0 saturated carbocycles. The molecule has 1 fully saturated rings. The maximum atomic E-state index is 13.4. The van der Waals surface area contributed by atoms with Gasteiger partial charge in [0.05, 0.1) is 18.3 Å². The smallest absolute Gasteiger partial charge is 0.321 e. The summed E-state index contributed by atoms with van der Waals surface area (Å²) in [5, 5.41) is 5.43. The predicted molar refractivity (Wildman–Crippen MR) is 103 cm³/mol. The molecule has 2 aromatic carbocycles. The second-order valence-corrected chi connectivity index (χ2v) is 6.98. The minimum atomic E-state index is -1.03. The molecule has 2 N–H and O–H groups in total. The molecule has 0 radical (unpaired) electrons. The number of fused-ring (bicyclic) bond motifs is 2. The number of carbonyl (C=O) groups is 2. The monoisotopic (exact) mass is 402 g/mol. The van der Waals surface area contributed by atoms with Gasteiger partial charge in [-0.1, -0.05) is 12.1 Å². The topological polar surface area (TPSA) is 73.9 Å². The van der Waals surface area contributed by atoms with Crippen LogP contribution in [0.25, 0.3) is 0 Å². The Balaban J connectivity index is 1.45. The normalized spacial score (nSPS) is 19.6. The third-order valence-electron chi connectivity index (χ3n) is 5.00. The average molecular weight is 402 g/mol. The lowest BCUT2D eigenvalue weighted by Crippen LogP contribution is -2.58. The van der Waals surface area contributed by atoms with E-state index < -0.39 is 17.7 Å². The van der Waals surface area contributed by atoms with Crippen molar-refractivity contribution >= 4 is 23.3 Å². The summed E-state index contributed by atoms with van der Waals surface area (Å²) in [6.07, 6.45) is 0. The molecule has 7 nitrogen and oxygen atoms in total. The highest BCUT2D eigenvalue weighted by atomic mass is 19.2. The van der Waals surface area contributed by atoms with Crippen LogP contribution in [0.3, 0.4) is 0 Å². The van der Waals surface area contributed by atoms with E-state index in [0.717, 1.165) is 12.1 Å². The molecule has 3 amide bonds. The van der Waals surface area contributed by atoms with Crippen LogP contribution in [-0.4, -0.2) is 60.6 Å². The van der Waals surface area contributed by atoms with Crippen molar-refractivity contribution in [3.8, 4) is 5.75 Å². The zero-order valence-corrected chi connectivity index (χ0v) is 15.5. The number of halogens is 2. The van der Waals surface area contributed by atoms with Gasteiger partial charge in [-0.3, -0.25) is 9.69 Å². The maximum absolute atomic E-state index is 13.4. The Hall–Kier alpha value is -3.20. The number of carbonyl (C=O) groups excluding carboxylic acids is 2. The highest BCUT2D eigenvalue weighted by Crippen LogP contribution is 2.26. The zero-order valence-electron chi connectivity index (χ0n) is 15.5. The van der Waals surface area contributed by atoms with E-state index in [1.54, 1.807) is 17.0 Å². The lowest BCUT2D eigenvalue weighted by molar-refractivity contribution is -0.118. The number of nitrogens with one attached hydrogen (secondary N) is 2. The molecular weight excluding hydrogens is 382 g/mol. The first kappa shape index (κ1) is 19.1. The molecule has 0 aliphatic carbocycles. The van der Waals surface area contributed by atoms with Crippen LogP contribution in [0, 0.1) is 11.6 Å². The fraction of sp³-hybridized carbons (Fsp3) is 0.300. The van der Waals surface area contributed by atoms with E-state index in [1.807, 2.05) is 17.0 Å². The van der Waals surface area contributed by atoms with Crippen molar-refractivity contribution in [1.82, 2.24) is 9.80 Å². The van der Waals surface area contributed by atoms with E-state index in [0.29, 0.717) is 37.7 Å². The van der Waals surface area contributed by atoms with Gasteiger partial charge in [-0.05, 0) is 24.3 Å². The van der Waals surface area contributed by atoms with E-state index in [9.17, 15) is 18.4 Å². The molecule has 1 atom stereocenters. The van der Waals surface area contributed by atoms with Crippen molar-refractivity contribution in [2.24, 2.45) is 0 Å². The summed E-state index contributed by atoms with van der Waals surface area (Å²) in [5.74, 6) is -1.57. The van der Waals surface area contributed by atoms with Crippen LogP contribution in [0.15, 0.2) is 42.5 Å². The van der Waals surface area contributed by atoms with Crippen molar-refractivity contribution in [1.29, 1.82) is 0 Å².